The van der Waals surface area contributed by atoms with Gasteiger partial charge < -0.3 is 5.32 Å². The van der Waals surface area contributed by atoms with Gasteiger partial charge in [-0.2, -0.15) is 0 Å². The number of nitrogens with one attached hydrogen (secondary N) is 1. The van der Waals surface area contributed by atoms with Crippen molar-refractivity contribution in [2.24, 2.45) is 10.9 Å². The molecule has 0 radical (unpaired) electrons. The zero-order valence-electron chi connectivity index (χ0n) is 12.1. The third-order valence-corrected chi connectivity index (χ3v) is 5.64. The lowest BCUT2D eigenvalue weighted by Crippen LogP contribution is -2.46. The molecule has 0 aromatic carbocycles. The van der Waals surface area contributed by atoms with Crippen LogP contribution in [0, 0.1) is 5.92 Å². The Balaban J connectivity index is 1.51. The van der Waals surface area contributed by atoms with E-state index in [9.17, 15) is 0 Å². The summed E-state index contributed by atoms with van der Waals surface area (Å²) in [7, 11) is 0. The Labute approximate surface area is 125 Å². The summed E-state index contributed by atoms with van der Waals surface area (Å²) >= 11 is 1.90. The van der Waals surface area contributed by atoms with E-state index in [1.165, 1.54) is 31.4 Å². The predicted octanol–water partition coefficient (Wildman–Crippen LogP) is 3.27. The van der Waals surface area contributed by atoms with Crippen LogP contribution in [0.3, 0.4) is 0 Å². The summed E-state index contributed by atoms with van der Waals surface area (Å²) in [6.07, 6.45) is 8.10. The molecule has 1 spiro atoms. The molecular weight excluding hydrogens is 266 g/mol. The van der Waals surface area contributed by atoms with E-state index in [1.807, 2.05) is 30.1 Å². The average molecular weight is 289 g/mol. The summed E-state index contributed by atoms with van der Waals surface area (Å²) in [5.41, 5.74) is 1.47. The molecule has 0 bridgehead atoms. The van der Waals surface area contributed by atoms with Crippen molar-refractivity contribution in [1.82, 2.24) is 10.3 Å². The number of aromatic nitrogens is 1. The second kappa shape index (κ2) is 6.17. The van der Waals surface area contributed by atoms with Crippen molar-refractivity contribution in [2.75, 3.05) is 12.3 Å². The van der Waals surface area contributed by atoms with Crippen LogP contribution in [0.15, 0.2) is 29.4 Å². The van der Waals surface area contributed by atoms with Crippen LogP contribution in [0.4, 0.5) is 0 Å². The molecule has 1 N–H and O–H groups in total. The van der Waals surface area contributed by atoms with Crippen LogP contribution in [-0.4, -0.2) is 28.0 Å². The van der Waals surface area contributed by atoms with E-state index >= 15 is 0 Å². The number of amidine groups is 1. The van der Waals surface area contributed by atoms with Gasteiger partial charge in [-0.3, -0.25) is 9.98 Å². The molecule has 0 amide bonds. The number of pyridine rings is 1. The quantitative estimate of drug-likeness (QED) is 0.928. The Kier molecular flexibility index (Phi) is 4.29. The fourth-order valence-corrected chi connectivity index (χ4v) is 4.24. The fourth-order valence-electron chi connectivity index (χ4n) is 2.99. The number of thioether (sulfide) groups is 1. The van der Waals surface area contributed by atoms with Crippen LogP contribution in [0.2, 0.25) is 0 Å². The van der Waals surface area contributed by atoms with Crippen LogP contribution >= 0.6 is 11.8 Å². The summed E-state index contributed by atoms with van der Waals surface area (Å²) in [4.78, 5) is 9.05. The maximum absolute atomic E-state index is 4.72. The van der Waals surface area contributed by atoms with Crippen molar-refractivity contribution in [3.05, 3.63) is 30.1 Å². The zero-order chi connectivity index (χ0) is 13.8. The lowest BCUT2D eigenvalue weighted by Gasteiger charge is -2.35. The van der Waals surface area contributed by atoms with Gasteiger partial charge in [-0.15, -0.1) is 0 Å². The molecule has 2 heterocycles. The molecule has 1 aromatic heterocycles. The second-order valence-electron chi connectivity index (χ2n) is 6.13. The number of rotatable bonds is 3. The second-order valence-corrected chi connectivity index (χ2v) is 7.10. The third-order valence-electron chi connectivity index (χ3n) is 4.44. The van der Waals surface area contributed by atoms with Crippen molar-refractivity contribution < 1.29 is 0 Å². The summed E-state index contributed by atoms with van der Waals surface area (Å²) < 4.78 is 0. The minimum absolute atomic E-state index is 0.348. The summed E-state index contributed by atoms with van der Waals surface area (Å²) in [6, 6.07) is 6.06. The smallest absolute Gasteiger partial charge is 0.157 e. The monoisotopic (exact) mass is 289 g/mol. The molecule has 3 rings (SSSR count). The number of hydrogen-bond acceptors (Lipinski definition) is 3. The Bertz CT molecular complexity index is 464. The molecule has 3 nitrogen and oxygen atoms in total. The van der Waals surface area contributed by atoms with Crippen molar-refractivity contribution >= 4 is 16.9 Å². The Morgan fingerprint density at radius 3 is 3.00 bits per heavy atom. The third kappa shape index (κ3) is 3.35. The molecule has 2 aliphatic rings. The van der Waals surface area contributed by atoms with Gasteiger partial charge >= 0.3 is 0 Å². The SMILES string of the molecule is CC1CCC2(CC1)CSC(=NCCc1ccccn1)N2. The first-order valence-electron chi connectivity index (χ1n) is 7.61. The largest absolute Gasteiger partial charge is 0.359 e. The first-order chi connectivity index (χ1) is 9.76. The highest BCUT2D eigenvalue weighted by atomic mass is 32.2. The molecule has 1 aliphatic heterocycles. The number of aliphatic imine (C=N–C) groups is 1. The first-order valence-corrected chi connectivity index (χ1v) is 8.60. The maximum atomic E-state index is 4.72. The molecule has 4 heteroatoms. The summed E-state index contributed by atoms with van der Waals surface area (Å²) in [5.74, 6) is 2.10. The standard InChI is InChI=1S/C16H23N3S/c1-13-5-8-16(9-6-13)12-20-15(19-16)18-11-7-14-4-2-3-10-17-14/h2-4,10,13H,5-9,11-12H2,1H3,(H,18,19). The predicted molar refractivity (Wildman–Crippen MR) is 86.2 cm³/mol. The van der Waals surface area contributed by atoms with Crippen molar-refractivity contribution in [3.8, 4) is 0 Å². The molecule has 20 heavy (non-hydrogen) atoms. The number of hydrogen-bond donors (Lipinski definition) is 1. The summed E-state index contributed by atoms with van der Waals surface area (Å²) in [5, 5.41) is 4.85. The van der Waals surface area contributed by atoms with Gasteiger partial charge in [0.1, 0.15) is 0 Å². The molecule has 1 saturated heterocycles. The fraction of sp³-hybridized carbons (Fsp3) is 0.625. The van der Waals surface area contributed by atoms with Gasteiger partial charge in [0.15, 0.2) is 5.17 Å². The molecule has 2 fully saturated rings. The average Bonchev–Trinajstić information content (AvgIpc) is 2.87. The van der Waals surface area contributed by atoms with Crippen molar-refractivity contribution in [3.63, 3.8) is 0 Å². The van der Waals surface area contributed by atoms with E-state index < -0.39 is 0 Å². The highest BCUT2D eigenvalue weighted by Gasteiger charge is 2.39. The summed E-state index contributed by atoms with van der Waals surface area (Å²) in [6.45, 7) is 3.20. The molecule has 0 atom stereocenters. The normalized spacial score (nSPS) is 31.6. The van der Waals surface area contributed by atoms with E-state index in [1.54, 1.807) is 0 Å². The van der Waals surface area contributed by atoms with Crippen LogP contribution in [0.1, 0.15) is 38.3 Å². The lowest BCUT2D eigenvalue weighted by atomic mass is 9.78. The van der Waals surface area contributed by atoms with Crippen LogP contribution in [-0.2, 0) is 6.42 Å². The molecule has 108 valence electrons. The maximum Gasteiger partial charge on any atom is 0.157 e. The zero-order valence-corrected chi connectivity index (χ0v) is 13.0. The van der Waals surface area contributed by atoms with Gasteiger partial charge in [-0.25, -0.2) is 0 Å². The lowest BCUT2D eigenvalue weighted by molar-refractivity contribution is 0.251. The molecule has 1 saturated carbocycles. The molecule has 1 aromatic rings. The van der Waals surface area contributed by atoms with Crippen LogP contribution in [0.5, 0.6) is 0 Å². The van der Waals surface area contributed by atoms with E-state index in [4.69, 9.17) is 4.99 Å². The van der Waals surface area contributed by atoms with Gasteiger partial charge in [0, 0.05) is 36.1 Å². The van der Waals surface area contributed by atoms with Crippen LogP contribution < -0.4 is 5.32 Å². The van der Waals surface area contributed by atoms with E-state index in [2.05, 4.69) is 23.3 Å². The molecule has 0 unspecified atom stereocenters. The van der Waals surface area contributed by atoms with Crippen LogP contribution in [0.25, 0.3) is 0 Å². The molecular formula is C16H23N3S. The van der Waals surface area contributed by atoms with Gasteiger partial charge in [-0.05, 0) is 43.7 Å². The minimum Gasteiger partial charge on any atom is -0.359 e. The Hall–Kier alpha value is -1.03. The first kappa shape index (κ1) is 13.9. The minimum atomic E-state index is 0.348. The van der Waals surface area contributed by atoms with Crippen molar-refractivity contribution in [2.45, 2.75) is 44.6 Å². The Morgan fingerprint density at radius 2 is 2.25 bits per heavy atom. The van der Waals surface area contributed by atoms with Gasteiger partial charge in [-0.1, -0.05) is 24.8 Å². The highest BCUT2D eigenvalue weighted by Crippen LogP contribution is 2.38. The highest BCUT2D eigenvalue weighted by molar-refractivity contribution is 8.14. The molecule has 1 aliphatic carbocycles. The number of nitrogens with zero attached hydrogens (tertiary/aromatic N) is 2. The van der Waals surface area contributed by atoms with E-state index in [0.29, 0.717) is 5.54 Å². The van der Waals surface area contributed by atoms with Gasteiger partial charge in [0.05, 0.1) is 0 Å². The van der Waals surface area contributed by atoms with E-state index in [0.717, 1.165) is 29.7 Å². The van der Waals surface area contributed by atoms with Gasteiger partial charge in [0.2, 0.25) is 0 Å². The van der Waals surface area contributed by atoms with Crippen molar-refractivity contribution in [1.29, 1.82) is 0 Å². The van der Waals surface area contributed by atoms with Gasteiger partial charge in [0.25, 0.3) is 0 Å². The topological polar surface area (TPSA) is 37.3 Å². The van der Waals surface area contributed by atoms with E-state index in [-0.39, 0.29) is 0 Å². The Morgan fingerprint density at radius 1 is 1.40 bits per heavy atom.